The van der Waals surface area contributed by atoms with Gasteiger partial charge >= 0.3 is 0 Å². The number of para-hydroxylation sites is 1. The third-order valence-corrected chi connectivity index (χ3v) is 2.79. The summed E-state index contributed by atoms with van der Waals surface area (Å²) in [6.45, 7) is 0.945. The summed E-state index contributed by atoms with van der Waals surface area (Å²) in [6, 6.07) is 7.48. The fraction of sp³-hybridized carbons (Fsp3) is 0.462. The van der Waals surface area contributed by atoms with Gasteiger partial charge in [0.1, 0.15) is 11.9 Å². The van der Waals surface area contributed by atoms with Crippen LogP contribution in [0.2, 0.25) is 0 Å². The minimum atomic E-state index is 0.0322. The second-order valence-electron chi connectivity index (χ2n) is 4.46. The van der Waals surface area contributed by atoms with Gasteiger partial charge in [-0.05, 0) is 32.6 Å². The smallest absolute Gasteiger partial charge is 0.170 e. The quantitative estimate of drug-likeness (QED) is 0.778. The molecule has 0 N–H and O–H groups in total. The van der Waals surface area contributed by atoms with E-state index in [0.717, 1.165) is 24.3 Å². The topological polar surface area (TPSA) is 29.5 Å². The van der Waals surface area contributed by atoms with Gasteiger partial charge in [-0.2, -0.15) is 0 Å². The van der Waals surface area contributed by atoms with E-state index in [4.69, 9.17) is 4.74 Å². The Morgan fingerprint density at radius 3 is 2.88 bits per heavy atom. The summed E-state index contributed by atoms with van der Waals surface area (Å²) < 4.78 is 5.81. The highest BCUT2D eigenvalue weighted by atomic mass is 16.5. The number of hydrogen-bond donors (Lipinski definition) is 0. The minimum Gasteiger partial charge on any atom is -0.489 e. The third kappa shape index (κ3) is 2.42. The van der Waals surface area contributed by atoms with E-state index in [9.17, 15) is 4.79 Å². The molecule has 1 aliphatic heterocycles. The average Bonchev–Trinajstić information content (AvgIpc) is 2.26. The number of nitrogens with zero attached hydrogens (tertiary/aromatic N) is 1. The first-order valence-electron chi connectivity index (χ1n) is 5.60. The molecule has 3 heteroatoms. The summed E-state index contributed by atoms with van der Waals surface area (Å²) in [5, 5.41) is 0. The van der Waals surface area contributed by atoms with Crippen LogP contribution in [0, 0.1) is 0 Å². The summed E-state index contributed by atoms with van der Waals surface area (Å²) >= 11 is 0. The standard InChI is InChI=1S/C13H17NO2/c1-14(2)8-7-10-9-12(15)11-5-3-4-6-13(11)16-10/h3-6,10H,7-9H2,1-2H3. The second kappa shape index (κ2) is 4.66. The SMILES string of the molecule is CN(C)CCC1CC(=O)c2ccccc2O1. The van der Waals surface area contributed by atoms with Gasteiger partial charge in [0, 0.05) is 13.0 Å². The number of carbonyl (C=O) groups excluding carboxylic acids is 1. The fourth-order valence-electron chi connectivity index (χ4n) is 1.90. The highest BCUT2D eigenvalue weighted by Crippen LogP contribution is 2.28. The van der Waals surface area contributed by atoms with Gasteiger partial charge in [-0.15, -0.1) is 0 Å². The Kier molecular flexibility index (Phi) is 3.25. The Morgan fingerprint density at radius 2 is 2.12 bits per heavy atom. The number of fused-ring (bicyclic) bond motifs is 1. The van der Waals surface area contributed by atoms with Gasteiger partial charge in [-0.1, -0.05) is 12.1 Å². The first-order chi connectivity index (χ1) is 7.66. The third-order valence-electron chi connectivity index (χ3n) is 2.79. The zero-order valence-corrected chi connectivity index (χ0v) is 9.77. The van der Waals surface area contributed by atoms with Crippen LogP contribution in [0.3, 0.4) is 0 Å². The van der Waals surface area contributed by atoms with Crippen molar-refractivity contribution >= 4 is 5.78 Å². The normalized spacial score (nSPS) is 19.4. The number of rotatable bonds is 3. The summed E-state index contributed by atoms with van der Waals surface area (Å²) in [5.74, 6) is 0.938. The van der Waals surface area contributed by atoms with Crippen LogP contribution in [0.1, 0.15) is 23.2 Å². The van der Waals surface area contributed by atoms with Gasteiger partial charge in [0.15, 0.2) is 5.78 Å². The molecule has 0 bridgehead atoms. The van der Waals surface area contributed by atoms with Crippen molar-refractivity contribution in [2.45, 2.75) is 18.9 Å². The molecule has 3 nitrogen and oxygen atoms in total. The zero-order valence-electron chi connectivity index (χ0n) is 9.77. The Bertz CT molecular complexity index is 387. The highest BCUT2D eigenvalue weighted by molar-refractivity contribution is 5.99. The molecule has 0 radical (unpaired) electrons. The van der Waals surface area contributed by atoms with Crippen LogP contribution in [0.15, 0.2) is 24.3 Å². The van der Waals surface area contributed by atoms with Crippen molar-refractivity contribution in [2.24, 2.45) is 0 Å². The van der Waals surface area contributed by atoms with E-state index in [1.807, 2.05) is 38.4 Å². The number of Topliss-reactive ketones (excluding diaryl/α,β-unsaturated/α-hetero) is 1. The number of carbonyl (C=O) groups is 1. The number of benzene rings is 1. The molecule has 0 aromatic heterocycles. The lowest BCUT2D eigenvalue weighted by molar-refractivity contribution is 0.0827. The van der Waals surface area contributed by atoms with Crippen LogP contribution in [0.4, 0.5) is 0 Å². The maximum atomic E-state index is 11.8. The molecule has 1 aliphatic rings. The predicted molar refractivity (Wildman–Crippen MR) is 63.0 cm³/mol. The van der Waals surface area contributed by atoms with Crippen LogP contribution in [-0.4, -0.2) is 37.4 Å². The molecule has 0 amide bonds. The summed E-state index contributed by atoms with van der Waals surface area (Å²) in [7, 11) is 4.05. The molecule has 1 unspecified atom stereocenters. The van der Waals surface area contributed by atoms with Crippen LogP contribution < -0.4 is 4.74 Å². The minimum absolute atomic E-state index is 0.0322. The molecule has 1 aromatic carbocycles. The van der Waals surface area contributed by atoms with Crippen molar-refractivity contribution in [3.63, 3.8) is 0 Å². The maximum Gasteiger partial charge on any atom is 0.170 e. The lowest BCUT2D eigenvalue weighted by Gasteiger charge is -2.26. The largest absolute Gasteiger partial charge is 0.489 e. The van der Waals surface area contributed by atoms with Crippen LogP contribution in [-0.2, 0) is 0 Å². The lowest BCUT2D eigenvalue weighted by Crippen LogP contribution is -2.30. The molecule has 0 fully saturated rings. The van der Waals surface area contributed by atoms with E-state index in [1.165, 1.54) is 0 Å². The van der Waals surface area contributed by atoms with Gasteiger partial charge in [-0.3, -0.25) is 4.79 Å². The molecule has 16 heavy (non-hydrogen) atoms. The van der Waals surface area contributed by atoms with Gasteiger partial charge in [0.2, 0.25) is 0 Å². The van der Waals surface area contributed by atoms with Crippen molar-refractivity contribution in [2.75, 3.05) is 20.6 Å². The fourth-order valence-corrected chi connectivity index (χ4v) is 1.90. The molecular weight excluding hydrogens is 202 g/mol. The number of hydrogen-bond acceptors (Lipinski definition) is 3. The van der Waals surface area contributed by atoms with Crippen LogP contribution in [0.5, 0.6) is 5.75 Å². The van der Waals surface area contributed by atoms with E-state index in [1.54, 1.807) is 0 Å². The van der Waals surface area contributed by atoms with E-state index in [0.29, 0.717) is 6.42 Å². The van der Waals surface area contributed by atoms with Crippen LogP contribution in [0.25, 0.3) is 0 Å². The molecule has 0 aliphatic carbocycles. The highest BCUT2D eigenvalue weighted by Gasteiger charge is 2.25. The van der Waals surface area contributed by atoms with E-state index < -0.39 is 0 Å². The van der Waals surface area contributed by atoms with Gasteiger partial charge in [0.25, 0.3) is 0 Å². The van der Waals surface area contributed by atoms with Crippen molar-refractivity contribution in [3.8, 4) is 5.75 Å². The van der Waals surface area contributed by atoms with Crippen molar-refractivity contribution in [3.05, 3.63) is 29.8 Å². The first-order valence-corrected chi connectivity index (χ1v) is 5.60. The van der Waals surface area contributed by atoms with Crippen LogP contribution >= 0.6 is 0 Å². The number of ketones is 1. The van der Waals surface area contributed by atoms with E-state index in [2.05, 4.69) is 4.90 Å². The summed E-state index contributed by atoms with van der Waals surface area (Å²) in [6.07, 6.45) is 1.43. The molecule has 0 saturated heterocycles. The molecule has 1 heterocycles. The van der Waals surface area contributed by atoms with Crippen molar-refractivity contribution in [1.29, 1.82) is 0 Å². The van der Waals surface area contributed by atoms with E-state index >= 15 is 0 Å². The first kappa shape index (κ1) is 11.1. The Morgan fingerprint density at radius 1 is 1.38 bits per heavy atom. The summed E-state index contributed by atoms with van der Waals surface area (Å²) in [4.78, 5) is 14.0. The Hall–Kier alpha value is -1.35. The second-order valence-corrected chi connectivity index (χ2v) is 4.46. The molecule has 86 valence electrons. The molecule has 1 atom stereocenters. The van der Waals surface area contributed by atoms with Gasteiger partial charge < -0.3 is 9.64 Å². The predicted octanol–water partition coefficient (Wildman–Crippen LogP) is 1.97. The number of ether oxygens (including phenoxy) is 1. The van der Waals surface area contributed by atoms with Gasteiger partial charge in [0.05, 0.1) is 5.56 Å². The molecule has 0 spiro atoms. The zero-order chi connectivity index (χ0) is 11.5. The monoisotopic (exact) mass is 219 g/mol. The lowest BCUT2D eigenvalue weighted by atomic mass is 9.99. The van der Waals surface area contributed by atoms with Gasteiger partial charge in [-0.25, -0.2) is 0 Å². The van der Waals surface area contributed by atoms with Crippen molar-refractivity contribution in [1.82, 2.24) is 4.90 Å². The molecule has 1 aromatic rings. The van der Waals surface area contributed by atoms with E-state index in [-0.39, 0.29) is 11.9 Å². The Labute approximate surface area is 96.0 Å². The molecule has 0 saturated carbocycles. The molecular formula is C13H17NO2. The molecule has 2 rings (SSSR count). The summed E-state index contributed by atoms with van der Waals surface area (Å²) in [5.41, 5.74) is 0.726. The average molecular weight is 219 g/mol. The van der Waals surface area contributed by atoms with Crippen molar-refractivity contribution < 1.29 is 9.53 Å². The Balaban J connectivity index is 2.06. The maximum absolute atomic E-state index is 11.8.